The van der Waals surface area contributed by atoms with Crippen LogP contribution in [0.5, 0.6) is 0 Å². The van der Waals surface area contributed by atoms with Gasteiger partial charge in [0, 0.05) is 6.20 Å². The van der Waals surface area contributed by atoms with E-state index in [1.807, 2.05) is 0 Å². The molecule has 2 aromatic heterocycles. The van der Waals surface area contributed by atoms with E-state index in [-0.39, 0.29) is 17.3 Å². The largest absolute Gasteiger partial charge is 0.462 e. The van der Waals surface area contributed by atoms with Gasteiger partial charge in [0.15, 0.2) is 0 Å². The highest BCUT2D eigenvalue weighted by Gasteiger charge is 2.36. The number of alkyl halides is 3. The molecule has 10 heteroatoms. The molecule has 0 aliphatic heterocycles. The lowest BCUT2D eigenvalue weighted by atomic mass is 10.4. The van der Waals surface area contributed by atoms with Crippen LogP contribution < -0.4 is 0 Å². The first-order valence-electron chi connectivity index (χ1n) is 5.04. The minimum atomic E-state index is -4.55. The third kappa shape index (κ3) is 2.89. The van der Waals surface area contributed by atoms with Gasteiger partial charge < -0.3 is 4.74 Å². The van der Waals surface area contributed by atoms with E-state index in [9.17, 15) is 18.0 Å². The molecule has 0 saturated heterocycles. The lowest BCUT2D eigenvalue weighted by Gasteiger charge is -1.97. The smallest absolute Gasteiger partial charge is 0.445 e. The molecule has 0 radical (unpaired) electrons. The van der Waals surface area contributed by atoms with Crippen molar-refractivity contribution in [3.05, 3.63) is 23.0 Å². The molecule has 102 valence electrons. The van der Waals surface area contributed by atoms with Gasteiger partial charge in [-0.2, -0.15) is 18.3 Å². The van der Waals surface area contributed by atoms with Gasteiger partial charge in [-0.25, -0.2) is 9.48 Å². The number of esters is 1. The molecule has 2 heterocycles. The number of aromatic nitrogens is 4. The molecule has 19 heavy (non-hydrogen) atoms. The number of hydrogen-bond acceptors (Lipinski definition) is 6. The molecule has 2 rings (SSSR count). The Balaban J connectivity index is 2.23. The van der Waals surface area contributed by atoms with Gasteiger partial charge in [0.2, 0.25) is 10.1 Å². The van der Waals surface area contributed by atoms with Gasteiger partial charge >= 0.3 is 12.1 Å². The Hall–Kier alpha value is -1.97. The molecule has 6 nitrogen and oxygen atoms in total. The van der Waals surface area contributed by atoms with E-state index < -0.39 is 17.2 Å². The molecule has 0 fully saturated rings. The second kappa shape index (κ2) is 4.96. The number of rotatable bonds is 3. The zero-order valence-corrected chi connectivity index (χ0v) is 10.3. The van der Waals surface area contributed by atoms with Crippen molar-refractivity contribution >= 4 is 17.3 Å². The average Bonchev–Trinajstić information content (AvgIpc) is 2.97. The summed E-state index contributed by atoms with van der Waals surface area (Å²) >= 11 is 0.332. The summed E-state index contributed by atoms with van der Waals surface area (Å²) in [6, 6.07) is 0. The minimum Gasteiger partial charge on any atom is -0.462 e. The number of halogens is 3. The van der Waals surface area contributed by atoms with Crippen LogP contribution in [0.25, 0.3) is 5.13 Å². The first-order valence-corrected chi connectivity index (χ1v) is 5.86. The van der Waals surface area contributed by atoms with Crippen molar-refractivity contribution in [3.63, 3.8) is 0 Å². The molecule has 0 aliphatic rings. The van der Waals surface area contributed by atoms with Gasteiger partial charge in [-0.3, -0.25) is 0 Å². The topological polar surface area (TPSA) is 69.9 Å². The Morgan fingerprint density at radius 2 is 2.21 bits per heavy atom. The second-order valence-corrected chi connectivity index (χ2v) is 4.24. The molecule has 0 bridgehead atoms. The summed E-state index contributed by atoms with van der Waals surface area (Å²) in [6.45, 7) is 1.84. The van der Waals surface area contributed by atoms with E-state index in [1.165, 1.54) is 12.4 Å². The molecule has 0 unspecified atom stereocenters. The normalized spacial score (nSPS) is 11.6. The highest BCUT2D eigenvalue weighted by molar-refractivity contribution is 7.13. The molecule has 0 aliphatic carbocycles. The van der Waals surface area contributed by atoms with Crippen molar-refractivity contribution in [1.82, 2.24) is 20.0 Å². The van der Waals surface area contributed by atoms with Crippen LogP contribution in [0.15, 0.2) is 12.4 Å². The summed E-state index contributed by atoms with van der Waals surface area (Å²) in [5.41, 5.74) is 0.130. The van der Waals surface area contributed by atoms with Crippen LogP contribution in [-0.2, 0) is 10.9 Å². The number of nitrogens with zero attached hydrogens (tertiary/aromatic N) is 4. The van der Waals surface area contributed by atoms with Crippen molar-refractivity contribution in [2.45, 2.75) is 13.1 Å². The first kappa shape index (κ1) is 13.5. The van der Waals surface area contributed by atoms with E-state index in [4.69, 9.17) is 4.74 Å². The molecule has 0 saturated carbocycles. The molecular weight excluding hydrogens is 285 g/mol. The highest BCUT2D eigenvalue weighted by atomic mass is 32.1. The Morgan fingerprint density at radius 1 is 1.47 bits per heavy atom. The fraction of sp³-hybridized carbons (Fsp3) is 0.333. The molecule has 0 atom stereocenters. The molecule has 2 aromatic rings. The summed E-state index contributed by atoms with van der Waals surface area (Å²) in [4.78, 5) is 11.4. The molecular formula is C9H7F3N4O2S. The summed E-state index contributed by atoms with van der Waals surface area (Å²) < 4.78 is 42.8. The van der Waals surface area contributed by atoms with E-state index in [2.05, 4.69) is 15.3 Å². The van der Waals surface area contributed by atoms with Crippen molar-refractivity contribution in [3.8, 4) is 5.13 Å². The van der Waals surface area contributed by atoms with Gasteiger partial charge in [-0.1, -0.05) is 11.3 Å². The summed E-state index contributed by atoms with van der Waals surface area (Å²) in [7, 11) is 0. The maximum absolute atomic E-state index is 12.4. The van der Waals surface area contributed by atoms with Gasteiger partial charge in [0.25, 0.3) is 0 Å². The van der Waals surface area contributed by atoms with Crippen LogP contribution in [-0.4, -0.2) is 32.6 Å². The number of carbonyl (C=O) groups excluding carboxylic acids is 1. The third-order valence-electron chi connectivity index (χ3n) is 1.95. The fourth-order valence-electron chi connectivity index (χ4n) is 1.17. The van der Waals surface area contributed by atoms with E-state index in [0.29, 0.717) is 11.3 Å². The lowest BCUT2D eigenvalue weighted by molar-refractivity contribution is -0.138. The van der Waals surface area contributed by atoms with E-state index in [1.54, 1.807) is 6.92 Å². The van der Waals surface area contributed by atoms with Gasteiger partial charge in [-0.15, -0.1) is 10.2 Å². The van der Waals surface area contributed by atoms with Crippen molar-refractivity contribution in [2.24, 2.45) is 0 Å². The summed E-state index contributed by atoms with van der Waals surface area (Å²) in [5.74, 6) is -0.602. The van der Waals surface area contributed by atoms with Crippen LogP contribution in [0.2, 0.25) is 0 Å². The van der Waals surface area contributed by atoms with Crippen molar-refractivity contribution in [2.75, 3.05) is 6.61 Å². The maximum Gasteiger partial charge on any atom is 0.445 e. The zero-order chi connectivity index (χ0) is 14.0. The van der Waals surface area contributed by atoms with Crippen LogP contribution in [0, 0.1) is 0 Å². The predicted octanol–water partition coefficient (Wildman–Crippen LogP) is 1.92. The minimum absolute atomic E-state index is 0.0807. The predicted molar refractivity (Wildman–Crippen MR) is 58.0 cm³/mol. The maximum atomic E-state index is 12.4. The molecule has 0 N–H and O–H groups in total. The first-order chi connectivity index (χ1) is 8.91. The Labute approximate surface area is 108 Å². The van der Waals surface area contributed by atoms with Crippen molar-refractivity contribution in [1.29, 1.82) is 0 Å². The monoisotopic (exact) mass is 292 g/mol. The van der Waals surface area contributed by atoms with Crippen LogP contribution in [0.3, 0.4) is 0 Å². The molecule has 0 amide bonds. The zero-order valence-electron chi connectivity index (χ0n) is 9.51. The number of ether oxygens (including phenoxy) is 1. The quantitative estimate of drug-likeness (QED) is 0.808. The summed E-state index contributed by atoms with van der Waals surface area (Å²) in [5, 5.41) is 8.98. The van der Waals surface area contributed by atoms with Gasteiger partial charge in [0.1, 0.15) is 0 Å². The number of hydrogen-bond donors (Lipinski definition) is 0. The number of carbonyl (C=O) groups is 1. The molecule has 0 spiro atoms. The van der Waals surface area contributed by atoms with E-state index in [0.717, 1.165) is 4.68 Å². The van der Waals surface area contributed by atoms with Gasteiger partial charge in [0.05, 0.1) is 18.4 Å². The lowest BCUT2D eigenvalue weighted by Crippen LogP contribution is -2.03. The van der Waals surface area contributed by atoms with Crippen LogP contribution >= 0.6 is 11.3 Å². The van der Waals surface area contributed by atoms with Gasteiger partial charge in [-0.05, 0) is 6.92 Å². The third-order valence-corrected chi connectivity index (χ3v) is 2.90. The van der Waals surface area contributed by atoms with Crippen LogP contribution in [0.1, 0.15) is 22.3 Å². The average molecular weight is 292 g/mol. The highest BCUT2D eigenvalue weighted by Crippen LogP contribution is 2.32. The standard InChI is InChI=1S/C9H7F3N4O2S/c1-2-18-6(17)5-3-13-16(4-5)8-15-14-7(19-8)9(10,11)12/h3-4H,2H2,1H3. The van der Waals surface area contributed by atoms with Crippen molar-refractivity contribution < 1.29 is 22.7 Å². The van der Waals surface area contributed by atoms with Crippen LogP contribution in [0.4, 0.5) is 13.2 Å². The Morgan fingerprint density at radius 3 is 2.79 bits per heavy atom. The SMILES string of the molecule is CCOC(=O)c1cnn(-c2nnc(C(F)(F)F)s2)c1. The summed E-state index contributed by atoms with van der Waals surface area (Å²) in [6.07, 6.45) is -2.13. The Kier molecular flexibility index (Phi) is 3.51. The fourth-order valence-corrected chi connectivity index (χ4v) is 1.82. The van der Waals surface area contributed by atoms with E-state index >= 15 is 0 Å². The molecule has 0 aromatic carbocycles. The Bertz CT molecular complexity index is 592. The second-order valence-electron chi connectivity index (χ2n) is 3.28.